The van der Waals surface area contributed by atoms with Gasteiger partial charge in [0.15, 0.2) is 5.11 Å². The monoisotopic (exact) mass is 252 g/mol. The van der Waals surface area contributed by atoms with Gasteiger partial charge in [0.05, 0.1) is 19.9 Å². The predicted molar refractivity (Wildman–Crippen MR) is 71.9 cm³/mol. The van der Waals surface area contributed by atoms with E-state index in [0.717, 1.165) is 11.4 Å². The van der Waals surface area contributed by atoms with Gasteiger partial charge in [-0.2, -0.15) is 0 Å². The van der Waals surface area contributed by atoms with Crippen LogP contribution in [0.5, 0.6) is 11.5 Å². The summed E-state index contributed by atoms with van der Waals surface area (Å²) in [6.07, 6.45) is 2.39. The van der Waals surface area contributed by atoms with Gasteiger partial charge in [-0.3, -0.25) is 0 Å². The Morgan fingerprint density at radius 2 is 2.06 bits per heavy atom. The van der Waals surface area contributed by atoms with Crippen LogP contribution in [0.25, 0.3) is 0 Å². The van der Waals surface area contributed by atoms with Crippen LogP contribution in [-0.2, 0) is 0 Å². The van der Waals surface area contributed by atoms with Crippen LogP contribution in [0.15, 0.2) is 18.2 Å². The van der Waals surface area contributed by atoms with E-state index in [4.69, 9.17) is 21.7 Å². The molecule has 1 aromatic carbocycles. The van der Waals surface area contributed by atoms with Crippen LogP contribution in [0.2, 0.25) is 0 Å². The van der Waals surface area contributed by atoms with Gasteiger partial charge in [-0.25, -0.2) is 0 Å². The minimum absolute atomic E-state index is 0.541. The third-order valence-electron chi connectivity index (χ3n) is 2.57. The molecule has 4 nitrogen and oxygen atoms in total. The van der Waals surface area contributed by atoms with Crippen LogP contribution in [0.1, 0.15) is 12.8 Å². The molecule has 0 aliphatic heterocycles. The number of nitrogens with one attached hydrogen (secondary N) is 2. The lowest BCUT2D eigenvalue weighted by Gasteiger charge is -2.13. The number of hydrogen-bond acceptors (Lipinski definition) is 3. The molecule has 1 saturated carbocycles. The van der Waals surface area contributed by atoms with Crippen LogP contribution in [-0.4, -0.2) is 25.4 Å². The van der Waals surface area contributed by atoms with Gasteiger partial charge in [0.2, 0.25) is 0 Å². The largest absolute Gasteiger partial charge is 0.497 e. The van der Waals surface area contributed by atoms with E-state index in [9.17, 15) is 0 Å². The molecule has 1 fully saturated rings. The maximum atomic E-state index is 5.28. The Morgan fingerprint density at radius 1 is 1.29 bits per heavy atom. The fourth-order valence-corrected chi connectivity index (χ4v) is 1.75. The molecule has 1 aromatic rings. The van der Waals surface area contributed by atoms with E-state index in [1.807, 2.05) is 18.2 Å². The van der Waals surface area contributed by atoms with E-state index in [1.165, 1.54) is 12.8 Å². The van der Waals surface area contributed by atoms with Crippen molar-refractivity contribution in [1.29, 1.82) is 0 Å². The van der Waals surface area contributed by atoms with Crippen LogP contribution < -0.4 is 20.1 Å². The first-order valence-electron chi connectivity index (χ1n) is 5.52. The topological polar surface area (TPSA) is 42.5 Å². The van der Waals surface area contributed by atoms with E-state index >= 15 is 0 Å². The van der Waals surface area contributed by atoms with Crippen molar-refractivity contribution in [3.8, 4) is 11.5 Å². The van der Waals surface area contributed by atoms with Crippen molar-refractivity contribution in [2.75, 3.05) is 19.5 Å². The van der Waals surface area contributed by atoms with Crippen molar-refractivity contribution in [2.24, 2.45) is 0 Å². The number of ether oxygens (including phenoxy) is 2. The first-order valence-corrected chi connectivity index (χ1v) is 5.93. The van der Waals surface area contributed by atoms with E-state index in [1.54, 1.807) is 14.2 Å². The number of methoxy groups -OCH3 is 2. The maximum Gasteiger partial charge on any atom is 0.171 e. The molecular formula is C12H16N2O2S. The summed E-state index contributed by atoms with van der Waals surface area (Å²) in [4.78, 5) is 0. The molecule has 17 heavy (non-hydrogen) atoms. The normalized spacial score (nSPS) is 14.0. The summed E-state index contributed by atoms with van der Waals surface area (Å²) in [5.41, 5.74) is 0.839. The Morgan fingerprint density at radius 3 is 2.65 bits per heavy atom. The van der Waals surface area contributed by atoms with Crippen molar-refractivity contribution in [2.45, 2.75) is 18.9 Å². The highest BCUT2D eigenvalue weighted by Gasteiger charge is 2.22. The fraction of sp³-hybridized carbons (Fsp3) is 0.417. The Balaban J connectivity index is 2.05. The Kier molecular flexibility index (Phi) is 3.68. The molecule has 0 bridgehead atoms. The smallest absolute Gasteiger partial charge is 0.171 e. The van der Waals surface area contributed by atoms with Crippen molar-refractivity contribution < 1.29 is 9.47 Å². The molecule has 5 heteroatoms. The molecule has 2 rings (SSSR count). The highest BCUT2D eigenvalue weighted by Crippen LogP contribution is 2.29. The van der Waals surface area contributed by atoms with Crippen molar-refractivity contribution in [3.05, 3.63) is 18.2 Å². The zero-order valence-electron chi connectivity index (χ0n) is 9.95. The van der Waals surface area contributed by atoms with E-state index in [-0.39, 0.29) is 0 Å². The van der Waals surface area contributed by atoms with Crippen LogP contribution in [0.3, 0.4) is 0 Å². The summed E-state index contributed by atoms with van der Waals surface area (Å²) in [7, 11) is 3.25. The molecule has 0 heterocycles. The van der Waals surface area contributed by atoms with Gasteiger partial charge in [-0.05, 0) is 37.2 Å². The zero-order valence-corrected chi connectivity index (χ0v) is 10.8. The minimum Gasteiger partial charge on any atom is -0.497 e. The Labute approximate surface area is 106 Å². The van der Waals surface area contributed by atoms with Crippen LogP contribution >= 0.6 is 12.2 Å². The van der Waals surface area contributed by atoms with Gasteiger partial charge in [-0.15, -0.1) is 0 Å². The molecule has 0 saturated heterocycles. The summed E-state index contributed by atoms with van der Waals surface area (Å²) in [6.45, 7) is 0. The lowest BCUT2D eigenvalue weighted by Crippen LogP contribution is -2.30. The van der Waals surface area contributed by atoms with Crippen molar-refractivity contribution in [1.82, 2.24) is 5.32 Å². The molecule has 0 amide bonds. The molecule has 2 N–H and O–H groups in total. The number of thiocarbonyl (C=S) groups is 1. The summed E-state index contributed by atoms with van der Waals surface area (Å²) < 4.78 is 10.4. The van der Waals surface area contributed by atoms with Gasteiger partial charge in [0, 0.05) is 12.1 Å². The molecule has 1 aliphatic rings. The highest BCUT2D eigenvalue weighted by molar-refractivity contribution is 7.80. The fourth-order valence-electron chi connectivity index (χ4n) is 1.47. The Hall–Kier alpha value is -1.49. The first kappa shape index (κ1) is 12.0. The second-order valence-corrected chi connectivity index (χ2v) is 4.35. The average molecular weight is 252 g/mol. The van der Waals surface area contributed by atoms with Crippen LogP contribution in [0.4, 0.5) is 5.69 Å². The SMILES string of the molecule is COc1ccc(NC(=S)NC2CC2)c(OC)c1. The van der Waals surface area contributed by atoms with Gasteiger partial charge < -0.3 is 20.1 Å². The second-order valence-electron chi connectivity index (χ2n) is 3.94. The van der Waals surface area contributed by atoms with Crippen LogP contribution in [0, 0.1) is 0 Å². The highest BCUT2D eigenvalue weighted by atomic mass is 32.1. The quantitative estimate of drug-likeness (QED) is 0.804. The second kappa shape index (κ2) is 5.23. The van der Waals surface area contributed by atoms with Gasteiger partial charge >= 0.3 is 0 Å². The molecule has 0 atom stereocenters. The van der Waals surface area contributed by atoms with Crippen molar-refractivity contribution >= 4 is 23.0 Å². The standard InChI is InChI=1S/C12H16N2O2S/c1-15-9-5-6-10(11(7-9)16-2)14-12(17)13-8-3-4-8/h5-8H,3-4H2,1-2H3,(H2,13,14,17). The molecule has 92 valence electrons. The van der Waals surface area contributed by atoms with E-state index in [0.29, 0.717) is 16.9 Å². The number of rotatable bonds is 4. The van der Waals surface area contributed by atoms with E-state index < -0.39 is 0 Å². The summed E-state index contributed by atoms with van der Waals surface area (Å²) in [5.74, 6) is 1.47. The van der Waals surface area contributed by atoms with Crippen molar-refractivity contribution in [3.63, 3.8) is 0 Å². The molecule has 0 spiro atoms. The Bertz CT molecular complexity index is 419. The molecule has 1 aliphatic carbocycles. The van der Waals surface area contributed by atoms with Gasteiger partial charge in [0.1, 0.15) is 11.5 Å². The number of anilines is 1. The minimum atomic E-state index is 0.541. The maximum absolute atomic E-state index is 5.28. The third kappa shape index (κ3) is 3.23. The first-order chi connectivity index (χ1) is 8.22. The summed E-state index contributed by atoms with van der Waals surface area (Å²) in [6, 6.07) is 6.12. The number of benzene rings is 1. The molecule has 0 unspecified atom stereocenters. The lowest BCUT2D eigenvalue weighted by molar-refractivity contribution is 0.395. The van der Waals surface area contributed by atoms with Gasteiger partial charge in [0.25, 0.3) is 0 Å². The molecular weight excluding hydrogens is 236 g/mol. The zero-order chi connectivity index (χ0) is 12.3. The predicted octanol–water partition coefficient (Wildman–Crippen LogP) is 2.15. The summed E-state index contributed by atoms with van der Waals surface area (Å²) >= 11 is 5.21. The lowest BCUT2D eigenvalue weighted by atomic mass is 10.2. The average Bonchev–Trinajstić information content (AvgIpc) is 3.13. The summed E-state index contributed by atoms with van der Waals surface area (Å²) in [5, 5.41) is 6.97. The third-order valence-corrected chi connectivity index (χ3v) is 2.79. The van der Waals surface area contributed by atoms with Gasteiger partial charge in [-0.1, -0.05) is 0 Å². The van der Waals surface area contributed by atoms with E-state index in [2.05, 4.69) is 10.6 Å². The molecule has 0 radical (unpaired) electrons. The number of hydrogen-bond donors (Lipinski definition) is 2. The molecule has 0 aromatic heterocycles.